The third-order valence-electron chi connectivity index (χ3n) is 4.30. The van der Waals surface area contributed by atoms with Crippen molar-refractivity contribution in [2.75, 3.05) is 19.6 Å². The Morgan fingerprint density at radius 3 is 2.00 bits per heavy atom. The summed E-state index contributed by atoms with van der Waals surface area (Å²) in [6, 6.07) is 0. The van der Waals surface area contributed by atoms with E-state index < -0.39 is 11.4 Å². The Morgan fingerprint density at radius 2 is 1.58 bits per heavy atom. The van der Waals surface area contributed by atoms with E-state index in [-0.39, 0.29) is 11.2 Å². The van der Waals surface area contributed by atoms with Crippen LogP contribution in [-0.2, 0) is 9.53 Å². The number of carboxylic acid groups (broad SMARTS) is 1. The molecule has 19 heavy (non-hydrogen) atoms. The van der Waals surface area contributed by atoms with Gasteiger partial charge in [0.1, 0.15) is 0 Å². The van der Waals surface area contributed by atoms with E-state index in [9.17, 15) is 9.90 Å². The highest BCUT2D eigenvalue weighted by molar-refractivity contribution is 5.75. The molecule has 4 nitrogen and oxygen atoms in total. The van der Waals surface area contributed by atoms with Gasteiger partial charge in [-0.2, -0.15) is 0 Å². The molecule has 2 rings (SSSR count). The number of hydrogen-bond donors (Lipinski definition) is 1. The van der Waals surface area contributed by atoms with Crippen molar-refractivity contribution in [2.45, 2.75) is 64.6 Å². The lowest BCUT2D eigenvalue weighted by Gasteiger charge is -2.48. The molecule has 2 fully saturated rings. The molecule has 0 spiro atoms. The van der Waals surface area contributed by atoms with Crippen molar-refractivity contribution in [3.8, 4) is 0 Å². The van der Waals surface area contributed by atoms with Crippen LogP contribution in [0, 0.1) is 5.41 Å². The Labute approximate surface area is 116 Å². The second-order valence-corrected chi connectivity index (χ2v) is 7.56. The van der Waals surface area contributed by atoms with Crippen LogP contribution in [0.2, 0.25) is 0 Å². The number of nitrogens with zero attached hydrogens (tertiary/aromatic N) is 1. The standard InChI is InChI=1S/C15H27NO3/c1-13(2)9-16(10-14(3,4)19-13)11-15(12(17)18)7-5-6-8-15/h5-11H2,1-4H3,(H,17,18). The van der Waals surface area contributed by atoms with Crippen LogP contribution in [0.15, 0.2) is 0 Å². The molecule has 0 radical (unpaired) electrons. The largest absolute Gasteiger partial charge is 0.481 e. The van der Waals surface area contributed by atoms with Crippen molar-refractivity contribution < 1.29 is 14.6 Å². The molecule has 1 heterocycles. The summed E-state index contributed by atoms with van der Waals surface area (Å²) >= 11 is 0. The minimum Gasteiger partial charge on any atom is -0.481 e. The summed E-state index contributed by atoms with van der Waals surface area (Å²) in [6.07, 6.45) is 3.73. The third-order valence-corrected chi connectivity index (χ3v) is 4.30. The summed E-state index contributed by atoms with van der Waals surface area (Å²) in [4.78, 5) is 14.0. The number of rotatable bonds is 3. The molecule has 0 atom stereocenters. The molecule has 110 valence electrons. The molecule has 1 aliphatic carbocycles. The Hall–Kier alpha value is -0.610. The van der Waals surface area contributed by atoms with E-state index in [1.54, 1.807) is 0 Å². The van der Waals surface area contributed by atoms with Crippen molar-refractivity contribution in [2.24, 2.45) is 5.41 Å². The smallest absolute Gasteiger partial charge is 0.310 e. The number of morpholine rings is 1. The lowest BCUT2D eigenvalue weighted by molar-refractivity contribution is -0.188. The quantitative estimate of drug-likeness (QED) is 0.855. The van der Waals surface area contributed by atoms with Crippen molar-refractivity contribution in [1.29, 1.82) is 0 Å². The lowest BCUT2D eigenvalue weighted by Crippen LogP contribution is -2.59. The van der Waals surface area contributed by atoms with Gasteiger partial charge in [-0.3, -0.25) is 9.69 Å². The first-order valence-corrected chi connectivity index (χ1v) is 7.30. The van der Waals surface area contributed by atoms with Gasteiger partial charge in [0.15, 0.2) is 0 Å². The monoisotopic (exact) mass is 269 g/mol. The van der Waals surface area contributed by atoms with Gasteiger partial charge < -0.3 is 9.84 Å². The number of carbonyl (C=O) groups is 1. The van der Waals surface area contributed by atoms with E-state index in [4.69, 9.17) is 4.74 Å². The zero-order valence-corrected chi connectivity index (χ0v) is 12.7. The molecule has 1 N–H and O–H groups in total. The van der Waals surface area contributed by atoms with Gasteiger partial charge in [-0.1, -0.05) is 12.8 Å². The molecule has 0 amide bonds. The van der Waals surface area contributed by atoms with E-state index in [1.165, 1.54) is 0 Å². The van der Waals surface area contributed by atoms with Crippen molar-refractivity contribution >= 4 is 5.97 Å². The first-order valence-electron chi connectivity index (χ1n) is 7.30. The minimum atomic E-state index is -0.618. The highest BCUT2D eigenvalue weighted by atomic mass is 16.5. The van der Waals surface area contributed by atoms with Gasteiger partial charge in [0.05, 0.1) is 16.6 Å². The van der Waals surface area contributed by atoms with Crippen LogP contribution in [0.5, 0.6) is 0 Å². The highest BCUT2D eigenvalue weighted by Crippen LogP contribution is 2.40. The highest BCUT2D eigenvalue weighted by Gasteiger charge is 2.46. The molecule has 0 aromatic carbocycles. The average molecular weight is 269 g/mol. The van der Waals surface area contributed by atoms with Gasteiger partial charge in [-0.25, -0.2) is 0 Å². The maximum absolute atomic E-state index is 11.7. The Morgan fingerprint density at radius 1 is 1.11 bits per heavy atom. The zero-order valence-electron chi connectivity index (χ0n) is 12.7. The topological polar surface area (TPSA) is 49.8 Å². The number of ether oxygens (including phenoxy) is 1. The molecule has 0 aromatic rings. The Balaban J connectivity index is 2.11. The molecule has 0 aromatic heterocycles. The van der Waals surface area contributed by atoms with Gasteiger partial charge >= 0.3 is 5.97 Å². The Kier molecular flexibility index (Phi) is 3.69. The summed E-state index contributed by atoms with van der Waals surface area (Å²) in [6.45, 7) is 10.6. The van der Waals surface area contributed by atoms with Gasteiger partial charge in [-0.15, -0.1) is 0 Å². The minimum absolute atomic E-state index is 0.208. The van der Waals surface area contributed by atoms with Crippen LogP contribution in [0.3, 0.4) is 0 Å². The zero-order chi connectivity index (χ0) is 14.3. The van der Waals surface area contributed by atoms with E-state index >= 15 is 0 Å². The van der Waals surface area contributed by atoms with Crippen LogP contribution in [-0.4, -0.2) is 46.8 Å². The average Bonchev–Trinajstić information content (AvgIpc) is 2.61. The maximum atomic E-state index is 11.7. The van der Waals surface area contributed by atoms with Crippen molar-refractivity contribution in [1.82, 2.24) is 4.90 Å². The number of hydrogen-bond acceptors (Lipinski definition) is 3. The van der Waals surface area contributed by atoms with Gasteiger partial charge in [-0.05, 0) is 40.5 Å². The van der Waals surface area contributed by atoms with Crippen LogP contribution in [0.4, 0.5) is 0 Å². The summed E-state index contributed by atoms with van der Waals surface area (Å²) in [7, 11) is 0. The molecule has 1 saturated heterocycles. The summed E-state index contributed by atoms with van der Waals surface area (Å²) in [5.74, 6) is -0.618. The predicted octanol–water partition coefficient (Wildman–Crippen LogP) is 2.52. The predicted molar refractivity (Wildman–Crippen MR) is 74.2 cm³/mol. The fourth-order valence-corrected chi connectivity index (χ4v) is 3.98. The van der Waals surface area contributed by atoms with Crippen LogP contribution in [0.25, 0.3) is 0 Å². The van der Waals surface area contributed by atoms with E-state index in [0.717, 1.165) is 38.8 Å². The molecular formula is C15H27NO3. The number of carboxylic acids is 1. The first kappa shape index (κ1) is 14.8. The van der Waals surface area contributed by atoms with Gasteiger partial charge in [0.2, 0.25) is 0 Å². The van der Waals surface area contributed by atoms with Crippen molar-refractivity contribution in [3.05, 3.63) is 0 Å². The molecule has 1 saturated carbocycles. The van der Waals surface area contributed by atoms with Crippen LogP contribution >= 0.6 is 0 Å². The maximum Gasteiger partial charge on any atom is 0.310 e. The SMILES string of the molecule is CC1(C)CN(CC2(C(=O)O)CCCC2)CC(C)(C)O1. The molecule has 0 bridgehead atoms. The van der Waals surface area contributed by atoms with Gasteiger partial charge in [0, 0.05) is 19.6 Å². The lowest BCUT2D eigenvalue weighted by atomic mass is 9.84. The first-order chi connectivity index (χ1) is 8.64. The summed E-state index contributed by atoms with van der Waals surface area (Å²) < 4.78 is 6.06. The molecular weight excluding hydrogens is 242 g/mol. The second-order valence-electron chi connectivity index (χ2n) is 7.56. The van der Waals surface area contributed by atoms with Crippen LogP contribution in [0.1, 0.15) is 53.4 Å². The fraction of sp³-hybridized carbons (Fsp3) is 0.933. The summed E-state index contributed by atoms with van der Waals surface area (Å²) in [5.41, 5.74) is -0.941. The van der Waals surface area contributed by atoms with E-state index in [0.29, 0.717) is 6.54 Å². The fourth-order valence-electron chi connectivity index (χ4n) is 3.98. The van der Waals surface area contributed by atoms with E-state index in [2.05, 4.69) is 32.6 Å². The molecule has 0 unspecified atom stereocenters. The normalized spacial score (nSPS) is 29.3. The second kappa shape index (κ2) is 4.74. The molecule has 1 aliphatic heterocycles. The van der Waals surface area contributed by atoms with Gasteiger partial charge in [0.25, 0.3) is 0 Å². The number of aliphatic carboxylic acids is 1. The van der Waals surface area contributed by atoms with Crippen molar-refractivity contribution in [3.63, 3.8) is 0 Å². The Bertz CT molecular complexity index is 340. The molecule has 4 heteroatoms. The molecule has 2 aliphatic rings. The van der Waals surface area contributed by atoms with E-state index in [1.807, 2.05) is 0 Å². The third kappa shape index (κ3) is 3.29. The van der Waals surface area contributed by atoms with Crippen LogP contribution < -0.4 is 0 Å². The summed E-state index contributed by atoms with van der Waals surface area (Å²) in [5, 5.41) is 9.60.